The van der Waals surface area contributed by atoms with E-state index in [-0.39, 0.29) is 11.9 Å². The van der Waals surface area contributed by atoms with E-state index in [1.165, 1.54) is 11.1 Å². The summed E-state index contributed by atoms with van der Waals surface area (Å²) >= 11 is 0. The van der Waals surface area contributed by atoms with Gasteiger partial charge in [0.2, 0.25) is 5.95 Å². The zero-order chi connectivity index (χ0) is 20.4. The maximum Gasteiger partial charge on any atom is 0.256 e. The molecule has 1 aliphatic rings. The number of rotatable bonds is 6. The van der Waals surface area contributed by atoms with E-state index >= 15 is 0 Å². The Balaban J connectivity index is 1.38. The van der Waals surface area contributed by atoms with Crippen molar-refractivity contribution in [3.8, 4) is 11.3 Å². The number of pyridine rings is 1. The summed E-state index contributed by atoms with van der Waals surface area (Å²) in [6.45, 7) is 6.07. The van der Waals surface area contributed by atoms with Crippen LogP contribution < -0.4 is 11.1 Å². The van der Waals surface area contributed by atoms with E-state index < -0.39 is 0 Å². The van der Waals surface area contributed by atoms with Gasteiger partial charge in [0, 0.05) is 30.9 Å². The van der Waals surface area contributed by atoms with Crippen molar-refractivity contribution in [2.45, 2.75) is 26.8 Å². The highest BCUT2D eigenvalue weighted by Gasteiger charge is 2.27. The van der Waals surface area contributed by atoms with Gasteiger partial charge < -0.3 is 16.0 Å². The van der Waals surface area contributed by atoms with Crippen molar-refractivity contribution in [1.82, 2.24) is 19.9 Å². The number of hydrogen-bond donors (Lipinski definition) is 2. The van der Waals surface area contributed by atoms with Crippen LogP contribution in [-0.4, -0.2) is 38.8 Å². The van der Waals surface area contributed by atoms with E-state index in [9.17, 15) is 4.79 Å². The molecule has 1 aliphatic heterocycles. The molecule has 0 radical (unpaired) electrons. The van der Waals surface area contributed by atoms with E-state index in [0.717, 1.165) is 23.4 Å². The van der Waals surface area contributed by atoms with Crippen LogP contribution in [0.25, 0.3) is 11.3 Å². The van der Waals surface area contributed by atoms with Crippen molar-refractivity contribution in [3.63, 3.8) is 0 Å². The summed E-state index contributed by atoms with van der Waals surface area (Å²) in [7, 11) is 0. The number of hydrogen-bond acceptors (Lipinski definition) is 6. The van der Waals surface area contributed by atoms with E-state index in [1.807, 2.05) is 29.2 Å². The fraction of sp³-hybridized carbons (Fsp3) is 0.273. The highest BCUT2D eigenvalue weighted by Crippen LogP contribution is 2.26. The Hall–Kier alpha value is -3.48. The minimum absolute atomic E-state index is 0.0524. The second-order valence-electron chi connectivity index (χ2n) is 7.25. The smallest absolute Gasteiger partial charge is 0.256 e. The number of nitrogens with one attached hydrogen (secondary N) is 1. The van der Waals surface area contributed by atoms with Gasteiger partial charge >= 0.3 is 0 Å². The van der Waals surface area contributed by atoms with Crippen LogP contribution in [0.1, 0.15) is 33.6 Å². The first-order valence-corrected chi connectivity index (χ1v) is 9.71. The number of carbonyl (C=O) groups excluding carboxylic acids is 1. The van der Waals surface area contributed by atoms with Gasteiger partial charge in [-0.25, -0.2) is 4.98 Å². The maximum atomic E-state index is 12.4. The predicted molar refractivity (Wildman–Crippen MR) is 113 cm³/mol. The van der Waals surface area contributed by atoms with Crippen molar-refractivity contribution in [1.29, 1.82) is 0 Å². The molecule has 0 saturated heterocycles. The Bertz CT molecular complexity index is 1060. The van der Waals surface area contributed by atoms with E-state index in [4.69, 9.17) is 5.73 Å². The molecule has 3 heterocycles. The molecule has 0 unspecified atom stereocenters. The summed E-state index contributed by atoms with van der Waals surface area (Å²) < 4.78 is 0. The number of aryl methyl sites for hydroxylation is 1. The van der Waals surface area contributed by atoms with Crippen LogP contribution in [0.15, 0.2) is 42.6 Å². The van der Waals surface area contributed by atoms with Crippen LogP contribution >= 0.6 is 0 Å². The average Bonchev–Trinajstić information content (AvgIpc) is 3.03. The molecule has 148 valence electrons. The van der Waals surface area contributed by atoms with Crippen LogP contribution in [0, 0.1) is 13.8 Å². The maximum absolute atomic E-state index is 12.4. The molecule has 0 aliphatic carbocycles. The number of anilines is 2. The van der Waals surface area contributed by atoms with E-state index in [2.05, 4.69) is 40.2 Å². The SMILES string of the molecule is Cc1cccc(-c2cc(NCCCN3Cc4ncccc4C3=O)nc(N)n2)c1C. The van der Waals surface area contributed by atoms with Crippen molar-refractivity contribution in [3.05, 3.63) is 65.0 Å². The molecule has 1 amide bonds. The molecule has 29 heavy (non-hydrogen) atoms. The molecule has 0 fully saturated rings. The Morgan fingerprint density at radius 2 is 1.97 bits per heavy atom. The summed E-state index contributed by atoms with van der Waals surface area (Å²) in [6.07, 6.45) is 2.52. The number of nitrogens with two attached hydrogens (primary N) is 1. The first-order valence-electron chi connectivity index (χ1n) is 9.71. The van der Waals surface area contributed by atoms with E-state index in [0.29, 0.717) is 31.0 Å². The number of carbonyl (C=O) groups is 1. The first kappa shape index (κ1) is 18.9. The summed E-state index contributed by atoms with van der Waals surface area (Å²) in [5.41, 5.74) is 11.7. The third-order valence-corrected chi connectivity index (χ3v) is 5.28. The number of fused-ring (bicyclic) bond motifs is 1. The van der Waals surface area contributed by atoms with Crippen molar-refractivity contribution >= 4 is 17.7 Å². The van der Waals surface area contributed by atoms with E-state index in [1.54, 1.807) is 12.3 Å². The molecule has 0 spiro atoms. The molecule has 3 aromatic rings. The third kappa shape index (κ3) is 3.89. The van der Waals surface area contributed by atoms with Crippen LogP contribution in [0.4, 0.5) is 11.8 Å². The number of aromatic nitrogens is 3. The van der Waals surface area contributed by atoms with Gasteiger partial charge in [-0.2, -0.15) is 4.98 Å². The minimum Gasteiger partial charge on any atom is -0.370 e. The zero-order valence-electron chi connectivity index (χ0n) is 16.6. The second-order valence-corrected chi connectivity index (χ2v) is 7.25. The fourth-order valence-electron chi connectivity index (χ4n) is 3.57. The lowest BCUT2D eigenvalue weighted by Crippen LogP contribution is -2.26. The molecule has 1 aromatic carbocycles. The third-order valence-electron chi connectivity index (χ3n) is 5.28. The topological polar surface area (TPSA) is 97.0 Å². The van der Waals surface area contributed by atoms with Crippen LogP contribution in [-0.2, 0) is 6.54 Å². The lowest BCUT2D eigenvalue weighted by molar-refractivity contribution is 0.0777. The highest BCUT2D eigenvalue weighted by molar-refractivity contribution is 5.97. The molecule has 0 saturated carbocycles. The van der Waals surface area contributed by atoms with Gasteiger partial charge in [-0.1, -0.05) is 18.2 Å². The van der Waals surface area contributed by atoms with Crippen molar-refractivity contribution in [2.24, 2.45) is 0 Å². The lowest BCUT2D eigenvalue weighted by atomic mass is 10.0. The number of amides is 1. The highest BCUT2D eigenvalue weighted by atomic mass is 16.2. The van der Waals surface area contributed by atoms with Crippen LogP contribution in [0.2, 0.25) is 0 Å². The summed E-state index contributed by atoms with van der Waals surface area (Å²) in [6, 6.07) is 11.7. The molecule has 3 N–H and O–H groups in total. The molecule has 7 heteroatoms. The summed E-state index contributed by atoms with van der Waals surface area (Å²) in [4.78, 5) is 27.2. The standard InChI is InChI=1S/C22H24N6O/c1-14-6-3-7-16(15(14)2)18-12-20(27-22(23)26-18)25-10-5-11-28-13-19-17(21(28)29)8-4-9-24-19/h3-4,6-9,12H,5,10-11,13H2,1-2H3,(H3,23,25,26,27). The number of nitrogen functional groups attached to an aromatic ring is 1. The summed E-state index contributed by atoms with van der Waals surface area (Å²) in [5, 5.41) is 3.30. The van der Waals surface area contributed by atoms with Gasteiger partial charge in [-0.3, -0.25) is 9.78 Å². The molecule has 0 atom stereocenters. The van der Waals surface area contributed by atoms with Gasteiger partial charge in [0.15, 0.2) is 0 Å². The van der Waals surface area contributed by atoms with Gasteiger partial charge in [-0.05, 0) is 43.5 Å². The monoisotopic (exact) mass is 388 g/mol. The minimum atomic E-state index is 0.0524. The first-order chi connectivity index (χ1) is 14.0. The molecule has 2 aromatic heterocycles. The number of benzene rings is 1. The molecule has 0 bridgehead atoms. The molecular weight excluding hydrogens is 364 g/mol. The van der Waals surface area contributed by atoms with Crippen molar-refractivity contribution in [2.75, 3.05) is 24.1 Å². The molecule has 4 rings (SSSR count). The normalized spacial score (nSPS) is 12.9. The lowest BCUT2D eigenvalue weighted by Gasteiger charge is -2.16. The van der Waals surface area contributed by atoms with Crippen LogP contribution in [0.5, 0.6) is 0 Å². The van der Waals surface area contributed by atoms with Gasteiger partial charge in [0.05, 0.1) is 23.5 Å². The van der Waals surface area contributed by atoms with Crippen LogP contribution in [0.3, 0.4) is 0 Å². The Morgan fingerprint density at radius 1 is 1.14 bits per heavy atom. The predicted octanol–water partition coefficient (Wildman–Crippen LogP) is 3.20. The summed E-state index contributed by atoms with van der Waals surface area (Å²) in [5.74, 6) is 0.977. The average molecular weight is 388 g/mol. The van der Waals surface area contributed by atoms with Gasteiger partial charge in [-0.15, -0.1) is 0 Å². The quantitative estimate of drug-likeness (QED) is 0.630. The molecular formula is C22H24N6O. The fourth-order valence-corrected chi connectivity index (χ4v) is 3.57. The van der Waals surface area contributed by atoms with Gasteiger partial charge in [0.25, 0.3) is 5.91 Å². The largest absolute Gasteiger partial charge is 0.370 e. The Morgan fingerprint density at radius 3 is 2.79 bits per heavy atom. The van der Waals surface area contributed by atoms with Crippen molar-refractivity contribution < 1.29 is 4.79 Å². The number of nitrogens with zero attached hydrogens (tertiary/aromatic N) is 4. The Kier molecular flexibility index (Phi) is 5.12. The zero-order valence-corrected chi connectivity index (χ0v) is 16.6. The Labute approximate surface area is 170 Å². The molecule has 7 nitrogen and oxygen atoms in total. The van der Waals surface area contributed by atoms with Gasteiger partial charge in [0.1, 0.15) is 5.82 Å². The second kappa shape index (κ2) is 7.87.